The second-order valence-corrected chi connectivity index (χ2v) is 10.8. The molecule has 0 radical (unpaired) electrons. The molecule has 198 valence electrons. The molecule has 3 heteroatoms. The van der Waals surface area contributed by atoms with Crippen LogP contribution in [0, 0.1) is 19.1 Å². The van der Waals surface area contributed by atoms with E-state index < -0.39 is 0 Å². The van der Waals surface area contributed by atoms with E-state index in [1.807, 2.05) is 42.5 Å². The molecule has 2 aliphatic carbocycles. The van der Waals surface area contributed by atoms with Gasteiger partial charge in [0.05, 0.1) is 0 Å². The molecule has 0 aromatic heterocycles. The number of allylic oxidation sites excluding steroid dienone is 4. The first-order valence-corrected chi connectivity index (χ1v) is 13.9. The first-order valence-electron chi connectivity index (χ1n) is 12.2. The van der Waals surface area contributed by atoms with Gasteiger partial charge < -0.3 is 0 Å². The molecule has 3 aromatic carbocycles. The minimum atomic E-state index is 0. The van der Waals surface area contributed by atoms with Crippen molar-refractivity contribution in [2.75, 3.05) is 0 Å². The standard InChI is InChI=1S/C21H25.C7H7.C5H5.CH2.2ClH.Zr/c1-20(2,3)16-9-7-14-11-15-8-10-17(21(4,5)6)13-19(15)18(14)12-16;1-7-5-3-2-4-6-7;1-2-4-5-3-1;;;;/h7,9-10,12-13H,11H2,1-6H3;2-6H,1H2;1-3H,4H2;1H2;2*1H;/q3*-1;;;;. The fourth-order valence-electron chi connectivity index (χ4n) is 3.80. The van der Waals surface area contributed by atoms with Gasteiger partial charge in [-0.25, -0.2) is 12.2 Å². The van der Waals surface area contributed by atoms with Crippen molar-refractivity contribution in [3.63, 3.8) is 0 Å². The Morgan fingerprint density at radius 2 is 1.41 bits per heavy atom. The van der Waals surface area contributed by atoms with Crippen molar-refractivity contribution in [1.82, 2.24) is 0 Å². The van der Waals surface area contributed by atoms with Gasteiger partial charge >= 0.3 is 28.4 Å². The molecule has 0 fully saturated rings. The van der Waals surface area contributed by atoms with Crippen LogP contribution in [0.25, 0.3) is 11.1 Å². The van der Waals surface area contributed by atoms with Crippen molar-refractivity contribution < 1.29 is 24.2 Å². The Kier molecular flexibility index (Phi) is 15.6. The van der Waals surface area contributed by atoms with Crippen LogP contribution in [0.5, 0.6) is 0 Å². The second kappa shape index (κ2) is 16.3. The summed E-state index contributed by atoms with van der Waals surface area (Å²) in [6.07, 6.45) is 11.0. The van der Waals surface area contributed by atoms with Crippen LogP contribution >= 0.6 is 24.8 Å². The monoisotopic (exact) mass is 609 g/mol. The van der Waals surface area contributed by atoms with E-state index in [0.29, 0.717) is 0 Å². The third-order valence-electron chi connectivity index (χ3n) is 5.95. The van der Waals surface area contributed by atoms with Crippen LogP contribution < -0.4 is 0 Å². The molecular formula is C34H41Cl2Zr-3. The average Bonchev–Trinajstić information content (AvgIpc) is 3.51. The fraction of sp³-hybridized carbons (Fsp3) is 0.294. The van der Waals surface area contributed by atoms with Gasteiger partial charge in [0, 0.05) is 0 Å². The second-order valence-electron chi connectivity index (χ2n) is 10.8. The van der Waals surface area contributed by atoms with Crippen LogP contribution in [0.3, 0.4) is 0 Å². The van der Waals surface area contributed by atoms with Crippen LogP contribution in [0.4, 0.5) is 0 Å². The minimum absolute atomic E-state index is 0. The van der Waals surface area contributed by atoms with Gasteiger partial charge in [0.1, 0.15) is 0 Å². The predicted octanol–water partition coefficient (Wildman–Crippen LogP) is 9.64. The summed E-state index contributed by atoms with van der Waals surface area (Å²) in [5.74, 6) is 0. The van der Waals surface area contributed by atoms with E-state index in [4.69, 9.17) is 0 Å². The van der Waals surface area contributed by atoms with Crippen molar-refractivity contribution in [1.29, 1.82) is 0 Å². The predicted molar refractivity (Wildman–Crippen MR) is 165 cm³/mol. The van der Waals surface area contributed by atoms with Gasteiger partial charge in [0.25, 0.3) is 0 Å². The molecule has 0 heterocycles. The molecule has 37 heavy (non-hydrogen) atoms. The molecule has 0 amide bonds. The first-order chi connectivity index (χ1) is 16.6. The average molecular weight is 612 g/mol. The molecule has 2 aliphatic rings. The summed E-state index contributed by atoms with van der Waals surface area (Å²) in [6.45, 7) is 17.4. The van der Waals surface area contributed by atoms with Crippen LogP contribution in [-0.4, -0.2) is 4.21 Å². The van der Waals surface area contributed by atoms with E-state index in [-0.39, 0.29) is 35.6 Å². The number of halogens is 2. The Balaban J connectivity index is 0.000000668. The maximum absolute atomic E-state index is 3.72. The van der Waals surface area contributed by atoms with Gasteiger partial charge in [0.15, 0.2) is 0 Å². The van der Waals surface area contributed by atoms with E-state index in [9.17, 15) is 0 Å². The zero-order valence-electron chi connectivity index (χ0n) is 23.2. The van der Waals surface area contributed by atoms with Crippen LogP contribution in [0.15, 0.2) is 78.9 Å². The first kappa shape index (κ1) is 35.3. The van der Waals surface area contributed by atoms with Gasteiger partial charge in [-0.3, -0.25) is 6.08 Å². The quantitative estimate of drug-likeness (QED) is 0.174. The summed E-state index contributed by atoms with van der Waals surface area (Å²) < 4.78 is 3.34. The third kappa shape index (κ3) is 10.9. The Hall–Kier alpha value is -1.66. The normalized spacial score (nSPS) is 12.0. The van der Waals surface area contributed by atoms with Crippen molar-refractivity contribution in [2.45, 2.75) is 65.2 Å². The van der Waals surface area contributed by atoms with Gasteiger partial charge in [0.2, 0.25) is 0 Å². The summed E-state index contributed by atoms with van der Waals surface area (Å²) in [5, 5.41) is 0. The van der Waals surface area contributed by atoms with E-state index in [1.165, 1.54) is 57.6 Å². The summed E-state index contributed by atoms with van der Waals surface area (Å²) >= 11 is 1.30. The summed E-state index contributed by atoms with van der Waals surface area (Å²) in [6, 6.07) is 24.9. The van der Waals surface area contributed by atoms with Crippen molar-refractivity contribution in [2.24, 2.45) is 0 Å². The Morgan fingerprint density at radius 3 is 1.84 bits per heavy atom. The molecule has 0 saturated heterocycles. The number of hydrogen-bond donors (Lipinski definition) is 0. The van der Waals surface area contributed by atoms with Gasteiger partial charge in [-0.05, 0) is 17.4 Å². The Morgan fingerprint density at radius 1 is 0.811 bits per heavy atom. The number of rotatable bonds is 0. The summed E-state index contributed by atoms with van der Waals surface area (Å²) in [5.41, 5.74) is 9.83. The molecule has 0 unspecified atom stereocenters. The number of benzene rings is 3. The van der Waals surface area contributed by atoms with Crippen molar-refractivity contribution >= 4 is 29.0 Å². The molecule has 0 N–H and O–H groups in total. The third-order valence-corrected chi connectivity index (χ3v) is 5.95. The Bertz CT molecular complexity index is 1080. The molecule has 0 bridgehead atoms. The van der Waals surface area contributed by atoms with Crippen molar-refractivity contribution in [3.05, 3.63) is 126 Å². The SMILES string of the molecule is CC(C)(C)c1c[c-]c2c(c1)-c1cc(C(C)(C)C)ccc1C2.Cl.Cl.[C-]1=CC=CC1.[CH2-]c1ccccc1.[CH2]=[Zr]. The van der Waals surface area contributed by atoms with E-state index in [2.05, 4.69) is 101 Å². The molecule has 0 spiro atoms. The molecule has 0 atom stereocenters. The van der Waals surface area contributed by atoms with Gasteiger partial charge in [-0.2, -0.15) is 60.0 Å². The summed E-state index contributed by atoms with van der Waals surface area (Å²) in [4.78, 5) is 0. The molecule has 0 saturated carbocycles. The van der Waals surface area contributed by atoms with E-state index >= 15 is 0 Å². The van der Waals surface area contributed by atoms with Crippen molar-refractivity contribution in [3.8, 4) is 11.1 Å². The maximum atomic E-state index is 3.72. The fourth-order valence-corrected chi connectivity index (χ4v) is 3.80. The molecule has 0 nitrogen and oxygen atoms in total. The zero-order chi connectivity index (χ0) is 26.1. The zero-order valence-corrected chi connectivity index (χ0v) is 27.2. The van der Waals surface area contributed by atoms with Crippen LogP contribution in [0.2, 0.25) is 0 Å². The molecule has 3 aromatic rings. The Labute approximate surface area is 253 Å². The number of fused-ring (bicyclic) bond motifs is 3. The topological polar surface area (TPSA) is 0 Å². The van der Waals surface area contributed by atoms with Gasteiger partial charge in [-0.1, -0.05) is 82.3 Å². The van der Waals surface area contributed by atoms with Gasteiger partial charge in [-0.15, -0.1) is 48.9 Å². The van der Waals surface area contributed by atoms with Crippen LogP contribution in [-0.2, 0) is 41.5 Å². The molecule has 0 aliphatic heterocycles. The van der Waals surface area contributed by atoms with E-state index in [0.717, 1.165) is 18.4 Å². The summed E-state index contributed by atoms with van der Waals surface area (Å²) in [7, 11) is 0. The number of hydrogen-bond acceptors (Lipinski definition) is 0. The molecule has 5 rings (SSSR count). The van der Waals surface area contributed by atoms with Crippen LogP contribution in [0.1, 0.15) is 75.8 Å². The van der Waals surface area contributed by atoms with E-state index in [1.54, 1.807) is 0 Å². The molecular weight excluding hydrogens is 571 g/mol.